The molecule has 1 rings (SSSR count). The lowest BCUT2D eigenvalue weighted by atomic mass is 10.0. The molecule has 0 aromatic carbocycles. The van der Waals surface area contributed by atoms with Crippen molar-refractivity contribution in [2.75, 3.05) is 6.61 Å². The molecule has 0 radical (unpaired) electrons. The molecule has 1 amide bonds. The number of aliphatic hydroxyl groups excluding tert-OH is 3. The summed E-state index contributed by atoms with van der Waals surface area (Å²) in [6.45, 7) is 3.01. The Balaban J connectivity index is 2.88. The number of carbonyl (C=O) groups excluding carboxylic acids is 1. The Morgan fingerprint density at radius 2 is 1.80 bits per heavy atom. The molecule has 5 heteroatoms. The topological polar surface area (TPSA) is 81.0 Å². The first-order valence-corrected chi connectivity index (χ1v) is 5.30. The molecule has 0 spiro atoms. The Labute approximate surface area is 89.3 Å². The van der Waals surface area contributed by atoms with Gasteiger partial charge in [0.25, 0.3) is 0 Å². The van der Waals surface area contributed by atoms with Gasteiger partial charge in [-0.3, -0.25) is 4.79 Å². The van der Waals surface area contributed by atoms with E-state index in [0.717, 1.165) is 6.42 Å². The van der Waals surface area contributed by atoms with Crippen molar-refractivity contribution in [1.29, 1.82) is 0 Å². The minimum absolute atomic E-state index is 0.219. The highest BCUT2D eigenvalue weighted by molar-refractivity contribution is 5.74. The zero-order valence-electron chi connectivity index (χ0n) is 9.13. The van der Waals surface area contributed by atoms with Crippen molar-refractivity contribution in [2.24, 2.45) is 0 Å². The second-order valence-electron chi connectivity index (χ2n) is 4.01. The van der Waals surface area contributed by atoms with Gasteiger partial charge in [-0.25, -0.2) is 0 Å². The highest BCUT2D eigenvalue weighted by Crippen LogP contribution is 2.28. The maximum atomic E-state index is 11.4. The Hall–Kier alpha value is -0.650. The molecule has 88 valence electrons. The number of amides is 1. The first-order valence-electron chi connectivity index (χ1n) is 5.30. The van der Waals surface area contributed by atoms with Crippen LogP contribution in [0.25, 0.3) is 0 Å². The largest absolute Gasteiger partial charge is 0.394 e. The molecule has 0 aromatic heterocycles. The molecule has 0 aromatic rings. The minimum atomic E-state index is -1.05. The lowest BCUT2D eigenvalue weighted by Crippen LogP contribution is -2.44. The van der Waals surface area contributed by atoms with Crippen molar-refractivity contribution >= 4 is 5.91 Å². The zero-order valence-corrected chi connectivity index (χ0v) is 9.13. The number of likely N-dealkylation sites (tertiary alicyclic amines) is 1. The van der Waals surface area contributed by atoms with E-state index in [4.69, 9.17) is 5.11 Å². The van der Waals surface area contributed by atoms with Crippen LogP contribution < -0.4 is 0 Å². The van der Waals surface area contributed by atoms with Crippen LogP contribution in [-0.2, 0) is 4.79 Å². The van der Waals surface area contributed by atoms with Crippen LogP contribution >= 0.6 is 0 Å². The molecular formula is C10H19NO4. The van der Waals surface area contributed by atoms with Crippen molar-refractivity contribution in [3.8, 4) is 0 Å². The fourth-order valence-electron chi connectivity index (χ4n) is 2.30. The molecule has 0 aliphatic carbocycles. The summed E-state index contributed by atoms with van der Waals surface area (Å²) in [5, 5.41) is 28.5. The first kappa shape index (κ1) is 12.4. The van der Waals surface area contributed by atoms with Crippen LogP contribution in [0, 0.1) is 0 Å². The number of hydrogen-bond donors (Lipinski definition) is 3. The Kier molecular flexibility index (Phi) is 4.07. The molecule has 4 unspecified atom stereocenters. The average molecular weight is 217 g/mol. The van der Waals surface area contributed by atoms with E-state index < -0.39 is 18.2 Å². The Morgan fingerprint density at radius 1 is 1.27 bits per heavy atom. The predicted molar refractivity (Wildman–Crippen MR) is 54.1 cm³/mol. The summed E-state index contributed by atoms with van der Waals surface area (Å²) in [6.07, 6.45) is -0.550. The predicted octanol–water partition coefficient (Wildman–Crippen LogP) is -0.900. The average Bonchev–Trinajstić information content (AvgIpc) is 2.42. The normalized spacial score (nSPS) is 35.9. The molecular weight excluding hydrogens is 198 g/mol. The third-order valence-corrected chi connectivity index (χ3v) is 2.99. The zero-order chi connectivity index (χ0) is 11.6. The second-order valence-corrected chi connectivity index (χ2v) is 4.01. The number of rotatable bonds is 3. The summed E-state index contributed by atoms with van der Waals surface area (Å²) in [5.41, 5.74) is 0. The van der Waals surface area contributed by atoms with Gasteiger partial charge in [0.1, 0.15) is 12.2 Å². The van der Waals surface area contributed by atoms with Crippen LogP contribution in [0.1, 0.15) is 26.7 Å². The summed E-state index contributed by atoms with van der Waals surface area (Å²) < 4.78 is 0. The molecule has 15 heavy (non-hydrogen) atoms. The fraction of sp³-hybridized carbons (Fsp3) is 0.900. The van der Waals surface area contributed by atoms with Gasteiger partial charge in [-0.2, -0.15) is 0 Å². The summed E-state index contributed by atoms with van der Waals surface area (Å²) in [5.74, 6) is -0.219. The van der Waals surface area contributed by atoms with Gasteiger partial charge in [0.05, 0.1) is 18.7 Å². The molecule has 0 bridgehead atoms. The minimum Gasteiger partial charge on any atom is -0.394 e. The van der Waals surface area contributed by atoms with Crippen molar-refractivity contribution in [3.63, 3.8) is 0 Å². The summed E-state index contributed by atoms with van der Waals surface area (Å²) in [7, 11) is 0. The van der Waals surface area contributed by atoms with E-state index in [2.05, 4.69) is 0 Å². The summed E-state index contributed by atoms with van der Waals surface area (Å²) >= 11 is 0. The number of aliphatic hydroxyl groups is 3. The van der Waals surface area contributed by atoms with Crippen LogP contribution in [0.4, 0.5) is 0 Å². The van der Waals surface area contributed by atoms with Crippen LogP contribution in [0.2, 0.25) is 0 Å². The summed E-state index contributed by atoms with van der Waals surface area (Å²) in [6, 6.07) is -1.05. The molecule has 3 N–H and O–H groups in total. The first-order chi connectivity index (χ1) is 7.04. The van der Waals surface area contributed by atoms with E-state index in [1.54, 1.807) is 0 Å². The van der Waals surface area contributed by atoms with Gasteiger partial charge in [-0.1, -0.05) is 13.3 Å². The lowest BCUT2D eigenvalue weighted by Gasteiger charge is -2.28. The Bertz CT molecular complexity index is 233. The molecule has 1 fully saturated rings. The fourth-order valence-corrected chi connectivity index (χ4v) is 2.30. The molecule has 1 heterocycles. The van der Waals surface area contributed by atoms with Crippen molar-refractivity contribution in [3.05, 3.63) is 0 Å². The van der Waals surface area contributed by atoms with E-state index in [1.165, 1.54) is 11.8 Å². The number of carbonyl (C=O) groups is 1. The van der Waals surface area contributed by atoms with Gasteiger partial charge in [0.2, 0.25) is 5.91 Å². The van der Waals surface area contributed by atoms with Gasteiger partial charge in [0.15, 0.2) is 0 Å². The van der Waals surface area contributed by atoms with Gasteiger partial charge < -0.3 is 20.2 Å². The van der Waals surface area contributed by atoms with Crippen LogP contribution in [-0.4, -0.2) is 57.0 Å². The summed E-state index contributed by atoms with van der Waals surface area (Å²) in [4.78, 5) is 12.8. The maximum absolute atomic E-state index is 11.4. The Morgan fingerprint density at radius 3 is 2.20 bits per heavy atom. The maximum Gasteiger partial charge on any atom is 0.220 e. The molecule has 0 saturated carbocycles. The van der Waals surface area contributed by atoms with Crippen molar-refractivity contribution in [2.45, 2.75) is 51.0 Å². The van der Waals surface area contributed by atoms with Gasteiger partial charge in [-0.15, -0.1) is 0 Å². The van der Waals surface area contributed by atoms with Crippen molar-refractivity contribution in [1.82, 2.24) is 4.90 Å². The third kappa shape index (κ3) is 2.14. The monoisotopic (exact) mass is 217 g/mol. The second kappa shape index (κ2) is 4.92. The molecule has 1 aliphatic heterocycles. The van der Waals surface area contributed by atoms with Crippen LogP contribution in [0.3, 0.4) is 0 Å². The lowest BCUT2D eigenvalue weighted by molar-refractivity contribution is -0.133. The SMILES string of the molecule is CCCC1C(O)C(O)C(CO)N1C(C)=O. The van der Waals surface area contributed by atoms with Gasteiger partial charge >= 0.3 is 0 Å². The van der Waals surface area contributed by atoms with Crippen molar-refractivity contribution < 1.29 is 20.1 Å². The highest BCUT2D eigenvalue weighted by atomic mass is 16.3. The number of hydrogen-bond acceptors (Lipinski definition) is 4. The molecule has 5 nitrogen and oxygen atoms in total. The third-order valence-electron chi connectivity index (χ3n) is 2.99. The van der Waals surface area contributed by atoms with E-state index in [9.17, 15) is 15.0 Å². The standard InChI is InChI=1S/C10H19NO4/c1-3-4-7-9(14)10(15)8(5-12)11(7)6(2)13/h7-10,12,14-15H,3-5H2,1-2H3. The molecule has 4 atom stereocenters. The quantitative estimate of drug-likeness (QED) is 0.572. The van der Waals surface area contributed by atoms with Crippen LogP contribution in [0.15, 0.2) is 0 Å². The molecule has 1 saturated heterocycles. The van der Waals surface area contributed by atoms with Gasteiger partial charge in [0, 0.05) is 6.92 Å². The van der Waals surface area contributed by atoms with E-state index >= 15 is 0 Å². The smallest absolute Gasteiger partial charge is 0.220 e. The van der Waals surface area contributed by atoms with E-state index in [1.807, 2.05) is 6.92 Å². The highest BCUT2D eigenvalue weighted by Gasteiger charge is 2.47. The van der Waals surface area contributed by atoms with E-state index in [-0.39, 0.29) is 18.6 Å². The number of nitrogens with zero attached hydrogens (tertiary/aromatic N) is 1. The molecule has 1 aliphatic rings. The van der Waals surface area contributed by atoms with E-state index in [0.29, 0.717) is 6.42 Å². The van der Waals surface area contributed by atoms with Gasteiger partial charge in [-0.05, 0) is 6.42 Å². The van der Waals surface area contributed by atoms with Crippen LogP contribution in [0.5, 0.6) is 0 Å².